The van der Waals surface area contributed by atoms with E-state index in [1.807, 2.05) is 0 Å². The van der Waals surface area contributed by atoms with Crippen LogP contribution in [0.1, 0.15) is 24.5 Å². The minimum Gasteiger partial charge on any atom is -0.300 e. The zero-order valence-corrected chi connectivity index (χ0v) is 10.1. The summed E-state index contributed by atoms with van der Waals surface area (Å²) in [4.78, 5) is 0. The molecule has 1 nitrogen and oxygen atoms in total. The molecule has 3 aliphatic rings. The quantitative estimate of drug-likeness (QED) is 0.713. The number of hydrogen-bond acceptors (Lipinski definition) is 1. The zero-order valence-electron chi connectivity index (χ0n) is 10.1. The van der Waals surface area contributed by atoms with Crippen molar-refractivity contribution in [2.24, 2.45) is 5.92 Å². The van der Waals surface area contributed by atoms with E-state index in [1.165, 1.54) is 17.5 Å². The van der Waals surface area contributed by atoms with Crippen LogP contribution < -0.4 is 5.32 Å². The molecule has 1 heteroatoms. The van der Waals surface area contributed by atoms with Crippen LogP contribution in [0.3, 0.4) is 0 Å². The molecule has 1 aromatic carbocycles. The average molecular weight is 223 g/mol. The molecule has 1 aromatic rings. The number of rotatable bonds is 0. The molecule has 3 atom stereocenters. The Kier molecular flexibility index (Phi) is 1.77. The second-order valence-corrected chi connectivity index (χ2v) is 5.64. The molecule has 2 heterocycles. The maximum absolute atomic E-state index is 3.86. The lowest BCUT2D eigenvalue weighted by Crippen LogP contribution is -2.46. The monoisotopic (exact) mass is 223 g/mol. The van der Waals surface area contributed by atoms with Crippen molar-refractivity contribution >= 4 is 0 Å². The first-order chi connectivity index (χ1) is 8.29. The molecule has 1 saturated heterocycles. The van der Waals surface area contributed by atoms with Crippen LogP contribution in [0.25, 0.3) is 0 Å². The van der Waals surface area contributed by atoms with Gasteiger partial charge in [0.15, 0.2) is 0 Å². The summed E-state index contributed by atoms with van der Waals surface area (Å²) in [5.74, 6) is 0.654. The molecule has 4 rings (SSSR count). The molecule has 0 aromatic heterocycles. The molecule has 1 aliphatic carbocycles. The van der Waals surface area contributed by atoms with Gasteiger partial charge < -0.3 is 5.32 Å². The number of allylic oxidation sites excluding steroid dienone is 3. The van der Waals surface area contributed by atoms with E-state index in [1.54, 1.807) is 5.57 Å². The Labute approximate surface area is 102 Å². The molecule has 2 aliphatic heterocycles. The van der Waals surface area contributed by atoms with E-state index in [2.05, 4.69) is 54.7 Å². The molecule has 1 fully saturated rings. The van der Waals surface area contributed by atoms with Crippen LogP contribution in [-0.4, -0.2) is 6.04 Å². The lowest BCUT2D eigenvalue weighted by molar-refractivity contribution is 0.306. The van der Waals surface area contributed by atoms with Crippen molar-refractivity contribution in [3.05, 3.63) is 59.2 Å². The van der Waals surface area contributed by atoms with Gasteiger partial charge in [0.05, 0.1) is 0 Å². The Morgan fingerprint density at radius 2 is 2.18 bits per heavy atom. The summed E-state index contributed by atoms with van der Waals surface area (Å²) < 4.78 is 0. The van der Waals surface area contributed by atoms with Gasteiger partial charge in [0.1, 0.15) is 0 Å². The van der Waals surface area contributed by atoms with E-state index >= 15 is 0 Å². The highest BCUT2D eigenvalue weighted by atomic mass is 15.1. The summed E-state index contributed by atoms with van der Waals surface area (Å²) in [6, 6.07) is 9.51. The van der Waals surface area contributed by atoms with Crippen LogP contribution in [-0.2, 0) is 12.0 Å². The Balaban J connectivity index is 1.94. The van der Waals surface area contributed by atoms with E-state index in [4.69, 9.17) is 0 Å². The molecular weight excluding hydrogens is 206 g/mol. The molecule has 1 N–H and O–H groups in total. The van der Waals surface area contributed by atoms with Gasteiger partial charge in [-0.25, -0.2) is 0 Å². The van der Waals surface area contributed by atoms with Crippen molar-refractivity contribution in [2.45, 2.75) is 31.3 Å². The summed E-state index contributed by atoms with van der Waals surface area (Å²) >= 11 is 0. The van der Waals surface area contributed by atoms with Gasteiger partial charge in [-0.15, -0.1) is 0 Å². The molecule has 2 bridgehead atoms. The zero-order chi connectivity index (χ0) is 11.5. The fourth-order valence-corrected chi connectivity index (χ4v) is 3.98. The van der Waals surface area contributed by atoms with Gasteiger partial charge in [0.25, 0.3) is 0 Å². The van der Waals surface area contributed by atoms with Gasteiger partial charge in [-0.2, -0.15) is 0 Å². The van der Waals surface area contributed by atoms with Crippen molar-refractivity contribution in [1.29, 1.82) is 0 Å². The summed E-state index contributed by atoms with van der Waals surface area (Å²) in [5, 5.41) is 3.86. The van der Waals surface area contributed by atoms with Crippen LogP contribution in [0.4, 0.5) is 0 Å². The topological polar surface area (TPSA) is 12.0 Å². The molecule has 0 amide bonds. The molecule has 86 valence electrons. The molecule has 0 spiro atoms. The van der Waals surface area contributed by atoms with Gasteiger partial charge in [-0.3, -0.25) is 0 Å². The highest BCUT2D eigenvalue weighted by molar-refractivity contribution is 5.48. The second-order valence-electron chi connectivity index (χ2n) is 5.64. The number of benzene rings is 1. The van der Waals surface area contributed by atoms with Gasteiger partial charge in [-0.05, 0) is 36.5 Å². The fourth-order valence-electron chi connectivity index (χ4n) is 3.98. The van der Waals surface area contributed by atoms with Gasteiger partial charge >= 0.3 is 0 Å². The van der Waals surface area contributed by atoms with Crippen LogP contribution in [0, 0.1) is 5.92 Å². The summed E-state index contributed by atoms with van der Waals surface area (Å²) in [6.07, 6.45) is 9.21. The summed E-state index contributed by atoms with van der Waals surface area (Å²) in [6.45, 7) is 2.38. The van der Waals surface area contributed by atoms with E-state index < -0.39 is 0 Å². The summed E-state index contributed by atoms with van der Waals surface area (Å²) in [5.41, 5.74) is 4.82. The van der Waals surface area contributed by atoms with E-state index in [-0.39, 0.29) is 5.54 Å². The van der Waals surface area contributed by atoms with Crippen LogP contribution in [0.2, 0.25) is 0 Å². The molecule has 3 unspecified atom stereocenters. The number of hydrogen-bond donors (Lipinski definition) is 1. The SMILES string of the molecule is CC12NC(Cc3ccccc31)C1=CC=CCC12. The maximum Gasteiger partial charge on any atom is 0.0483 e. The lowest BCUT2D eigenvalue weighted by Gasteiger charge is -2.36. The summed E-state index contributed by atoms with van der Waals surface area (Å²) in [7, 11) is 0. The van der Waals surface area contributed by atoms with Crippen LogP contribution in [0.5, 0.6) is 0 Å². The number of nitrogens with one attached hydrogen (secondary N) is 1. The first-order valence-electron chi connectivity index (χ1n) is 6.52. The van der Waals surface area contributed by atoms with E-state index in [0.717, 1.165) is 6.42 Å². The van der Waals surface area contributed by atoms with Crippen molar-refractivity contribution < 1.29 is 0 Å². The third kappa shape index (κ3) is 1.13. The Morgan fingerprint density at radius 1 is 1.29 bits per heavy atom. The third-order valence-electron chi connectivity index (χ3n) is 4.77. The van der Waals surface area contributed by atoms with Gasteiger partial charge in [0.2, 0.25) is 0 Å². The van der Waals surface area contributed by atoms with Crippen molar-refractivity contribution in [3.63, 3.8) is 0 Å². The van der Waals surface area contributed by atoms with Gasteiger partial charge in [-0.1, -0.05) is 42.5 Å². The molecule has 17 heavy (non-hydrogen) atoms. The Hall–Kier alpha value is -1.34. The first-order valence-corrected chi connectivity index (χ1v) is 6.52. The first kappa shape index (κ1) is 9.67. The second kappa shape index (κ2) is 3.11. The predicted octanol–water partition coefficient (Wildman–Crippen LogP) is 2.93. The third-order valence-corrected chi connectivity index (χ3v) is 4.77. The van der Waals surface area contributed by atoms with E-state index in [9.17, 15) is 0 Å². The highest BCUT2D eigenvalue weighted by Gasteiger charge is 2.51. The fraction of sp³-hybridized carbons (Fsp3) is 0.375. The lowest BCUT2D eigenvalue weighted by atomic mass is 9.76. The minimum atomic E-state index is 0.149. The minimum absolute atomic E-state index is 0.149. The smallest absolute Gasteiger partial charge is 0.0483 e. The Bertz CT molecular complexity index is 540. The standard InChI is InChI=1S/C16H17N/c1-16-13-8-4-2-6-11(13)10-15(17-16)12-7-3-5-9-14(12)16/h2-8,14-15,17H,9-10H2,1H3. The average Bonchev–Trinajstić information content (AvgIpc) is 2.61. The molecule has 0 saturated carbocycles. The Morgan fingerprint density at radius 3 is 3.12 bits per heavy atom. The van der Waals surface area contributed by atoms with Crippen LogP contribution >= 0.6 is 0 Å². The van der Waals surface area contributed by atoms with Gasteiger partial charge in [0, 0.05) is 17.5 Å². The van der Waals surface area contributed by atoms with Crippen molar-refractivity contribution in [2.75, 3.05) is 0 Å². The number of fused-ring (bicyclic) bond motifs is 7. The molecular formula is C16H17N. The molecule has 0 radical (unpaired) electrons. The van der Waals surface area contributed by atoms with Crippen molar-refractivity contribution in [1.82, 2.24) is 5.32 Å². The highest BCUT2D eigenvalue weighted by Crippen LogP contribution is 2.50. The maximum atomic E-state index is 3.86. The van der Waals surface area contributed by atoms with Crippen molar-refractivity contribution in [3.8, 4) is 0 Å². The van der Waals surface area contributed by atoms with E-state index in [0.29, 0.717) is 12.0 Å². The largest absolute Gasteiger partial charge is 0.300 e. The van der Waals surface area contributed by atoms with Crippen LogP contribution in [0.15, 0.2) is 48.1 Å². The normalized spacial score (nSPS) is 37.4. The predicted molar refractivity (Wildman–Crippen MR) is 69.8 cm³/mol.